The number of carbonyl (C=O) groups excluding carboxylic acids is 2. The Balaban J connectivity index is 3.90. The lowest BCUT2D eigenvalue weighted by Crippen LogP contribution is -2.22. The Bertz CT molecular complexity index is 267. The molecule has 3 heteroatoms. The molecule has 0 aromatic rings. The molecule has 0 N–H and O–H groups in total. The third kappa shape index (κ3) is 8.66. The Morgan fingerprint density at radius 1 is 1.18 bits per heavy atom. The lowest BCUT2D eigenvalue weighted by atomic mass is 10.0. The lowest BCUT2D eigenvalue weighted by molar-refractivity contribution is -0.157. The molecular formula is C14H24O3. The zero-order valence-electron chi connectivity index (χ0n) is 11.4. The zero-order valence-corrected chi connectivity index (χ0v) is 11.4. The van der Waals surface area contributed by atoms with E-state index in [1.165, 1.54) is 0 Å². The van der Waals surface area contributed by atoms with Crippen LogP contribution in [-0.2, 0) is 14.3 Å². The summed E-state index contributed by atoms with van der Waals surface area (Å²) < 4.78 is 4.85. The summed E-state index contributed by atoms with van der Waals surface area (Å²) in [5, 5.41) is 0. The van der Waals surface area contributed by atoms with Gasteiger partial charge in [-0.05, 0) is 32.6 Å². The quantitative estimate of drug-likeness (QED) is 0.371. The van der Waals surface area contributed by atoms with Crippen molar-refractivity contribution in [1.82, 2.24) is 0 Å². The first-order valence-corrected chi connectivity index (χ1v) is 6.36. The zero-order chi connectivity index (χ0) is 13.3. The van der Waals surface area contributed by atoms with Crippen molar-refractivity contribution in [3.63, 3.8) is 0 Å². The fourth-order valence-corrected chi connectivity index (χ4v) is 1.38. The molecule has 98 valence electrons. The molecule has 0 aliphatic rings. The summed E-state index contributed by atoms with van der Waals surface area (Å²) in [6.45, 7) is 7.57. The van der Waals surface area contributed by atoms with E-state index in [9.17, 15) is 9.59 Å². The van der Waals surface area contributed by atoms with Crippen LogP contribution in [0.15, 0.2) is 12.2 Å². The molecule has 0 rings (SSSR count). The van der Waals surface area contributed by atoms with E-state index in [-0.39, 0.29) is 18.4 Å². The van der Waals surface area contributed by atoms with Gasteiger partial charge in [-0.15, -0.1) is 0 Å². The van der Waals surface area contributed by atoms with Gasteiger partial charge >= 0.3 is 5.97 Å². The number of unbranched alkanes of at least 4 members (excludes halogenated alkanes) is 1. The molecule has 0 saturated heterocycles. The summed E-state index contributed by atoms with van der Waals surface area (Å²) in [6.07, 6.45) is 7.26. The number of Topliss-reactive ketones (excluding diaryl/α,β-unsaturated/α-hetero) is 1. The van der Waals surface area contributed by atoms with Gasteiger partial charge in [-0.1, -0.05) is 32.4 Å². The Hall–Kier alpha value is -1.12. The first-order chi connectivity index (χ1) is 7.97. The average molecular weight is 240 g/mol. The Kier molecular flexibility index (Phi) is 8.38. The molecule has 0 aromatic heterocycles. The summed E-state index contributed by atoms with van der Waals surface area (Å²) in [6, 6.07) is 0. The van der Waals surface area contributed by atoms with Crippen molar-refractivity contribution < 1.29 is 14.3 Å². The van der Waals surface area contributed by atoms with Gasteiger partial charge < -0.3 is 4.74 Å². The van der Waals surface area contributed by atoms with Crippen molar-refractivity contribution in [3.8, 4) is 0 Å². The predicted octanol–water partition coefficient (Wildman–Crippen LogP) is 3.28. The number of hydrogen-bond acceptors (Lipinski definition) is 3. The summed E-state index contributed by atoms with van der Waals surface area (Å²) in [5.74, 6) is -0.935. The number of carbonyl (C=O) groups is 2. The first-order valence-electron chi connectivity index (χ1n) is 6.36. The first kappa shape index (κ1) is 15.9. The van der Waals surface area contributed by atoms with E-state index < -0.39 is 11.8 Å². The molecule has 1 unspecified atom stereocenters. The van der Waals surface area contributed by atoms with E-state index in [4.69, 9.17) is 4.74 Å². The molecule has 0 fully saturated rings. The van der Waals surface area contributed by atoms with Crippen LogP contribution in [0.4, 0.5) is 0 Å². The molecule has 0 amide bonds. The van der Waals surface area contributed by atoms with Crippen LogP contribution < -0.4 is 0 Å². The third-order valence-electron chi connectivity index (χ3n) is 2.26. The van der Waals surface area contributed by atoms with Gasteiger partial charge in [-0.2, -0.15) is 0 Å². The standard InChI is InChI=1S/C14H24O3/c1-5-6-7-8-9-12(4)10-13(15)14(16)17-11(2)3/h7-8,11-12H,5-6,9-10H2,1-4H3/b8-7+. The number of ether oxygens (including phenoxy) is 1. The minimum atomic E-state index is -0.704. The fourth-order valence-electron chi connectivity index (χ4n) is 1.38. The highest BCUT2D eigenvalue weighted by molar-refractivity contribution is 6.33. The topological polar surface area (TPSA) is 43.4 Å². The number of rotatable bonds is 8. The summed E-state index contributed by atoms with van der Waals surface area (Å²) >= 11 is 0. The van der Waals surface area contributed by atoms with E-state index in [2.05, 4.69) is 19.1 Å². The maximum absolute atomic E-state index is 11.5. The molecule has 17 heavy (non-hydrogen) atoms. The maximum Gasteiger partial charge on any atom is 0.374 e. The van der Waals surface area contributed by atoms with Crippen LogP contribution in [0.25, 0.3) is 0 Å². The highest BCUT2D eigenvalue weighted by Gasteiger charge is 2.18. The van der Waals surface area contributed by atoms with Gasteiger partial charge in [0.2, 0.25) is 5.78 Å². The van der Waals surface area contributed by atoms with E-state index >= 15 is 0 Å². The molecule has 0 aromatic carbocycles. The molecule has 0 aliphatic carbocycles. The molecule has 0 spiro atoms. The van der Waals surface area contributed by atoms with Gasteiger partial charge in [0.1, 0.15) is 0 Å². The highest BCUT2D eigenvalue weighted by Crippen LogP contribution is 2.10. The normalized spacial score (nSPS) is 13.0. The number of hydrogen-bond donors (Lipinski definition) is 0. The van der Waals surface area contributed by atoms with Gasteiger partial charge in [0.15, 0.2) is 0 Å². The second-order valence-electron chi connectivity index (χ2n) is 4.68. The van der Waals surface area contributed by atoms with Crippen LogP contribution in [0.5, 0.6) is 0 Å². The van der Waals surface area contributed by atoms with Crippen LogP contribution in [0.1, 0.15) is 53.4 Å². The van der Waals surface area contributed by atoms with Crippen LogP contribution in [0.2, 0.25) is 0 Å². The molecule has 0 radical (unpaired) electrons. The van der Waals surface area contributed by atoms with Gasteiger partial charge in [-0.3, -0.25) is 4.79 Å². The number of allylic oxidation sites excluding steroid dienone is 2. The van der Waals surface area contributed by atoms with Crippen LogP contribution >= 0.6 is 0 Å². The molecular weight excluding hydrogens is 216 g/mol. The van der Waals surface area contributed by atoms with Gasteiger partial charge in [-0.25, -0.2) is 4.79 Å². The Labute approximate surface area is 104 Å². The van der Waals surface area contributed by atoms with Crippen molar-refractivity contribution in [2.75, 3.05) is 0 Å². The van der Waals surface area contributed by atoms with Crippen molar-refractivity contribution in [3.05, 3.63) is 12.2 Å². The molecule has 0 aliphatic heterocycles. The van der Waals surface area contributed by atoms with Crippen molar-refractivity contribution >= 4 is 11.8 Å². The smallest absolute Gasteiger partial charge is 0.374 e. The summed E-state index contributed by atoms with van der Waals surface area (Å²) in [5.41, 5.74) is 0. The minimum absolute atomic E-state index is 0.190. The molecule has 0 bridgehead atoms. The number of esters is 1. The predicted molar refractivity (Wildman–Crippen MR) is 68.7 cm³/mol. The van der Waals surface area contributed by atoms with Gasteiger partial charge in [0, 0.05) is 6.42 Å². The van der Waals surface area contributed by atoms with E-state index in [0.29, 0.717) is 0 Å². The van der Waals surface area contributed by atoms with Gasteiger partial charge in [0.25, 0.3) is 0 Å². The second-order valence-corrected chi connectivity index (χ2v) is 4.68. The third-order valence-corrected chi connectivity index (χ3v) is 2.26. The SMILES string of the molecule is CCC/C=C/CC(C)CC(=O)C(=O)OC(C)C. The lowest BCUT2D eigenvalue weighted by Gasteiger charge is -2.09. The summed E-state index contributed by atoms with van der Waals surface area (Å²) in [7, 11) is 0. The molecule has 0 heterocycles. The highest BCUT2D eigenvalue weighted by atomic mass is 16.5. The molecule has 1 atom stereocenters. The maximum atomic E-state index is 11.5. The monoisotopic (exact) mass is 240 g/mol. The second kappa shape index (κ2) is 8.97. The van der Waals surface area contributed by atoms with Crippen molar-refractivity contribution in [2.45, 2.75) is 59.5 Å². The van der Waals surface area contributed by atoms with E-state index in [0.717, 1.165) is 19.3 Å². The fraction of sp³-hybridized carbons (Fsp3) is 0.714. The molecule has 3 nitrogen and oxygen atoms in total. The van der Waals surface area contributed by atoms with Crippen molar-refractivity contribution in [1.29, 1.82) is 0 Å². The van der Waals surface area contributed by atoms with Crippen LogP contribution in [0.3, 0.4) is 0 Å². The summed E-state index contributed by atoms with van der Waals surface area (Å²) in [4.78, 5) is 22.8. The average Bonchev–Trinajstić information content (AvgIpc) is 2.23. The number of ketones is 1. The van der Waals surface area contributed by atoms with Gasteiger partial charge in [0.05, 0.1) is 6.10 Å². The minimum Gasteiger partial charge on any atom is -0.457 e. The Morgan fingerprint density at radius 3 is 2.35 bits per heavy atom. The van der Waals surface area contributed by atoms with E-state index in [1.807, 2.05) is 6.92 Å². The molecule has 0 saturated carbocycles. The Morgan fingerprint density at radius 2 is 1.82 bits per heavy atom. The largest absolute Gasteiger partial charge is 0.457 e. The van der Waals surface area contributed by atoms with Crippen LogP contribution in [0, 0.1) is 5.92 Å². The van der Waals surface area contributed by atoms with Crippen molar-refractivity contribution in [2.24, 2.45) is 5.92 Å². The van der Waals surface area contributed by atoms with E-state index in [1.54, 1.807) is 13.8 Å². The van der Waals surface area contributed by atoms with Crippen LogP contribution in [-0.4, -0.2) is 17.9 Å².